The summed E-state index contributed by atoms with van der Waals surface area (Å²) in [5.41, 5.74) is 1.89. The van der Waals surface area contributed by atoms with Crippen LogP contribution < -0.4 is 5.32 Å². The highest BCUT2D eigenvalue weighted by atomic mass is 16.5. The van der Waals surface area contributed by atoms with Crippen LogP contribution in [0.1, 0.15) is 11.9 Å². The summed E-state index contributed by atoms with van der Waals surface area (Å²) in [4.78, 5) is 13.0. The molecular weight excluding hydrogens is 228 g/mol. The molecule has 18 heavy (non-hydrogen) atoms. The van der Waals surface area contributed by atoms with Crippen LogP contribution >= 0.6 is 0 Å². The minimum Gasteiger partial charge on any atom is -0.378 e. The van der Waals surface area contributed by atoms with Crippen LogP contribution in [0.3, 0.4) is 0 Å². The minimum absolute atomic E-state index is 0.0790. The third kappa shape index (κ3) is 2.37. The maximum absolute atomic E-state index is 5.43. The first-order chi connectivity index (χ1) is 8.93. The van der Waals surface area contributed by atoms with E-state index in [9.17, 15) is 0 Å². The van der Waals surface area contributed by atoms with Gasteiger partial charge < -0.3 is 10.1 Å². The number of hydrogen-bond donors (Lipinski definition) is 1. The van der Waals surface area contributed by atoms with Crippen molar-refractivity contribution in [2.45, 2.75) is 6.04 Å². The molecule has 1 saturated heterocycles. The smallest absolute Gasteiger partial charge is 0.148 e. The second kappa shape index (κ2) is 5.20. The number of hydrogen-bond acceptors (Lipinski definition) is 5. The van der Waals surface area contributed by atoms with Crippen molar-refractivity contribution < 1.29 is 4.74 Å². The first-order valence-corrected chi connectivity index (χ1v) is 5.98. The lowest BCUT2D eigenvalue weighted by Crippen LogP contribution is -2.35. The Hall–Kier alpha value is -1.85. The van der Waals surface area contributed by atoms with Gasteiger partial charge in [0, 0.05) is 30.7 Å². The summed E-state index contributed by atoms with van der Waals surface area (Å²) in [5, 5.41) is 3.35. The Bertz CT molecular complexity index is 511. The molecule has 0 amide bonds. The summed E-state index contributed by atoms with van der Waals surface area (Å²) >= 11 is 0. The van der Waals surface area contributed by atoms with Crippen molar-refractivity contribution in [2.75, 3.05) is 19.8 Å². The number of rotatable bonds is 2. The van der Waals surface area contributed by atoms with E-state index >= 15 is 0 Å². The molecule has 0 radical (unpaired) electrons. The van der Waals surface area contributed by atoms with Crippen molar-refractivity contribution in [3.8, 4) is 11.3 Å². The molecule has 5 nitrogen and oxygen atoms in total. The van der Waals surface area contributed by atoms with Gasteiger partial charge in [0.15, 0.2) is 0 Å². The molecule has 1 fully saturated rings. The summed E-state index contributed by atoms with van der Waals surface area (Å²) in [6.45, 7) is 2.21. The Morgan fingerprint density at radius 3 is 3.06 bits per heavy atom. The van der Waals surface area contributed by atoms with E-state index < -0.39 is 0 Å². The maximum Gasteiger partial charge on any atom is 0.148 e. The van der Waals surface area contributed by atoms with Gasteiger partial charge in [-0.25, -0.2) is 9.97 Å². The lowest BCUT2D eigenvalue weighted by Gasteiger charge is -2.22. The average molecular weight is 242 g/mol. The van der Waals surface area contributed by atoms with Crippen LogP contribution in [-0.2, 0) is 4.74 Å². The van der Waals surface area contributed by atoms with E-state index in [1.165, 1.54) is 0 Å². The molecule has 0 spiro atoms. The van der Waals surface area contributed by atoms with Gasteiger partial charge in [0.05, 0.1) is 24.9 Å². The molecule has 5 heteroatoms. The van der Waals surface area contributed by atoms with E-state index in [-0.39, 0.29) is 6.04 Å². The van der Waals surface area contributed by atoms with Crippen molar-refractivity contribution in [1.29, 1.82) is 0 Å². The van der Waals surface area contributed by atoms with Gasteiger partial charge in [0.1, 0.15) is 5.82 Å². The Morgan fingerprint density at radius 2 is 2.28 bits per heavy atom. The summed E-state index contributed by atoms with van der Waals surface area (Å²) < 4.78 is 5.43. The topological polar surface area (TPSA) is 59.9 Å². The number of pyridine rings is 1. The summed E-state index contributed by atoms with van der Waals surface area (Å²) in [5.74, 6) is 0.774. The van der Waals surface area contributed by atoms with E-state index in [0.717, 1.165) is 30.2 Å². The number of morpholine rings is 1. The first kappa shape index (κ1) is 11.3. The Kier molecular flexibility index (Phi) is 3.25. The molecule has 3 heterocycles. The second-order valence-corrected chi connectivity index (χ2v) is 4.12. The van der Waals surface area contributed by atoms with Gasteiger partial charge in [-0.2, -0.15) is 0 Å². The van der Waals surface area contributed by atoms with Crippen LogP contribution in [0.25, 0.3) is 11.3 Å². The zero-order chi connectivity index (χ0) is 12.2. The van der Waals surface area contributed by atoms with E-state index in [2.05, 4.69) is 20.3 Å². The lowest BCUT2D eigenvalue weighted by molar-refractivity contribution is 0.0742. The fraction of sp³-hybridized carbons (Fsp3) is 0.308. The summed E-state index contributed by atoms with van der Waals surface area (Å²) in [6, 6.07) is 5.86. The standard InChI is InChI=1S/C13H14N4O/c1-2-10(8-14-4-1)11-3-5-16-13(17-11)12-9-18-7-6-15-12/h1-5,8,12,15H,6-7,9H2. The quantitative estimate of drug-likeness (QED) is 0.857. The normalized spacial score (nSPS) is 19.7. The molecule has 1 unspecified atom stereocenters. The molecule has 1 atom stereocenters. The molecular formula is C13H14N4O. The van der Waals surface area contributed by atoms with Crippen molar-refractivity contribution >= 4 is 0 Å². The highest BCUT2D eigenvalue weighted by Crippen LogP contribution is 2.17. The van der Waals surface area contributed by atoms with E-state index in [4.69, 9.17) is 4.74 Å². The predicted molar refractivity (Wildman–Crippen MR) is 66.8 cm³/mol. The average Bonchev–Trinajstić information content (AvgIpc) is 2.49. The van der Waals surface area contributed by atoms with Crippen LogP contribution in [0.5, 0.6) is 0 Å². The molecule has 0 saturated carbocycles. The Labute approximate surface area is 105 Å². The fourth-order valence-electron chi connectivity index (χ4n) is 1.95. The van der Waals surface area contributed by atoms with Gasteiger partial charge in [0.2, 0.25) is 0 Å². The van der Waals surface area contributed by atoms with Gasteiger partial charge in [-0.15, -0.1) is 0 Å². The fourth-order valence-corrected chi connectivity index (χ4v) is 1.95. The SMILES string of the molecule is c1cncc(-c2ccnc(C3COCCN3)n2)c1. The Morgan fingerprint density at radius 1 is 1.28 bits per heavy atom. The predicted octanol–water partition coefficient (Wildman–Crippen LogP) is 1.20. The van der Waals surface area contributed by atoms with Crippen molar-refractivity contribution in [1.82, 2.24) is 20.3 Å². The third-order valence-electron chi connectivity index (χ3n) is 2.86. The van der Waals surface area contributed by atoms with Gasteiger partial charge >= 0.3 is 0 Å². The van der Waals surface area contributed by atoms with Crippen LogP contribution in [0.4, 0.5) is 0 Å². The van der Waals surface area contributed by atoms with Gasteiger partial charge in [-0.1, -0.05) is 0 Å². The molecule has 0 aliphatic carbocycles. The monoisotopic (exact) mass is 242 g/mol. The molecule has 3 rings (SSSR count). The molecule has 2 aromatic rings. The van der Waals surface area contributed by atoms with Crippen LogP contribution in [0.15, 0.2) is 36.8 Å². The first-order valence-electron chi connectivity index (χ1n) is 5.98. The number of ether oxygens (including phenoxy) is 1. The summed E-state index contributed by atoms with van der Waals surface area (Å²) in [7, 11) is 0. The Balaban J connectivity index is 1.89. The molecule has 1 aliphatic rings. The third-order valence-corrected chi connectivity index (χ3v) is 2.86. The van der Waals surface area contributed by atoms with Crippen LogP contribution in [-0.4, -0.2) is 34.7 Å². The zero-order valence-electron chi connectivity index (χ0n) is 9.91. The van der Waals surface area contributed by atoms with Gasteiger partial charge in [-0.3, -0.25) is 4.98 Å². The molecule has 0 aromatic carbocycles. The second-order valence-electron chi connectivity index (χ2n) is 4.12. The van der Waals surface area contributed by atoms with E-state index in [1.54, 1.807) is 18.6 Å². The molecule has 0 bridgehead atoms. The minimum atomic E-state index is 0.0790. The zero-order valence-corrected chi connectivity index (χ0v) is 9.91. The van der Waals surface area contributed by atoms with E-state index in [0.29, 0.717) is 6.61 Å². The van der Waals surface area contributed by atoms with Crippen molar-refractivity contribution in [3.05, 3.63) is 42.6 Å². The van der Waals surface area contributed by atoms with Crippen molar-refractivity contribution in [3.63, 3.8) is 0 Å². The molecule has 2 aromatic heterocycles. The number of nitrogens with zero attached hydrogens (tertiary/aromatic N) is 3. The highest BCUT2D eigenvalue weighted by molar-refractivity contribution is 5.56. The van der Waals surface area contributed by atoms with Gasteiger partial charge in [-0.05, 0) is 18.2 Å². The largest absolute Gasteiger partial charge is 0.378 e. The molecule has 1 N–H and O–H groups in total. The number of aromatic nitrogens is 3. The lowest BCUT2D eigenvalue weighted by atomic mass is 10.2. The molecule has 92 valence electrons. The van der Waals surface area contributed by atoms with E-state index in [1.807, 2.05) is 18.2 Å². The van der Waals surface area contributed by atoms with Gasteiger partial charge in [0.25, 0.3) is 0 Å². The van der Waals surface area contributed by atoms with Crippen molar-refractivity contribution in [2.24, 2.45) is 0 Å². The van der Waals surface area contributed by atoms with Crippen LogP contribution in [0, 0.1) is 0 Å². The number of nitrogens with one attached hydrogen (secondary N) is 1. The summed E-state index contributed by atoms with van der Waals surface area (Å²) in [6.07, 6.45) is 5.33. The highest BCUT2D eigenvalue weighted by Gasteiger charge is 2.18. The van der Waals surface area contributed by atoms with Crippen LogP contribution in [0.2, 0.25) is 0 Å². The molecule has 1 aliphatic heterocycles. The maximum atomic E-state index is 5.43.